The number of aromatic nitrogens is 1. The Hall–Kier alpha value is -2.71. The van der Waals surface area contributed by atoms with E-state index < -0.39 is 27.2 Å². The number of benzene rings is 1. The minimum absolute atomic E-state index is 0.146. The van der Waals surface area contributed by atoms with Crippen LogP contribution in [0.5, 0.6) is 0 Å². The van der Waals surface area contributed by atoms with Crippen molar-refractivity contribution in [3.8, 4) is 11.5 Å². The molecule has 0 aliphatic heterocycles. The lowest BCUT2D eigenvalue weighted by Crippen LogP contribution is -2.34. The molecule has 0 spiro atoms. The van der Waals surface area contributed by atoms with Gasteiger partial charge in [0.25, 0.3) is 0 Å². The van der Waals surface area contributed by atoms with Crippen LogP contribution in [0.1, 0.15) is 21.8 Å². The van der Waals surface area contributed by atoms with E-state index in [0.717, 1.165) is 0 Å². The molecule has 3 rings (SSSR count). The number of hydrogen-bond acceptors (Lipinski definition) is 6. The highest BCUT2D eigenvalue weighted by atomic mass is 32.2. The second-order valence-electron chi connectivity index (χ2n) is 6.15. The number of oxazole rings is 1. The number of allylic oxidation sites excluding steroid dienone is 2. The van der Waals surface area contributed by atoms with Gasteiger partial charge in [0.15, 0.2) is 9.84 Å². The van der Waals surface area contributed by atoms with Gasteiger partial charge in [0, 0.05) is 12.7 Å². The molecule has 1 aromatic carbocycles. The lowest BCUT2D eigenvalue weighted by molar-refractivity contribution is 0.0697. The van der Waals surface area contributed by atoms with Crippen molar-refractivity contribution in [1.82, 2.24) is 4.98 Å². The van der Waals surface area contributed by atoms with E-state index in [4.69, 9.17) is 14.3 Å². The average molecular weight is 389 g/mol. The van der Waals surface area contributed by atoms with Crippen LogP contribution >= 0.6 is 0 Å². The summed E-state index contributed by atoms with van der Waals surface area (Å²) in [7, 11) is -2.10. The first kappa shape index (κ1) is 19.1. The number of nitrogens with zero attached hydrogens (tertiary/aromatic N) is 1. The first-order valence-corrected chi connectivity index (χ1v) is 9.93. The number of sulfone groups is 1. The smallest absolute Gasteiger partial charge is 0.335 e. The number of rotatable bonds is 6. The first-order chi connectivity index (χ1) is 12.8. The van der Waals surface area contributed by atoms with E-state index in [1.807, 2.05) is 0 Å². The molecule has 1 aliphatic rings. The van der Waals surface area contributed by atoms with Crippen LogP contribution in [0, 0.1) is 6.92 Å². The largest absolute Gasteiger partial charge is 0.478 e. The fourth-order valence-electron chi connectivity index (χ4n) is 2.83. The molecule has 1 N–H and O–H groups in total. The molecule has 1 heterocycles. The number of carboxylic acids is 1. The summed E-state index contributed by atoms with van der Waals surface area (Å²) < 4.78 is 36.5. The molecule has 7 nitrogen and oxygen atoms in total. The molecule has 0 saturated heterocycles. The number of ether oxygens (including phenoxy) is 1. The summed E-state index contributed by atoms with van der Waals surface area (Å²) in [4.78, 5) is 15.2. The zero-order chi connectivity index (χ0) is 19.6. The monoisotopic (exact) mass is 389 g/mol. The van der Waals surface area contributed by atoms with Crippen LogP contribution in [-0.2, 0) is 20.3 Å². The van der Waals surface area contributed by atoms with E-state index in [-0.39, 0.29) is 17.2 Å². The van der Waals surface area contributed by atoms with Crippen LogP contribution in [0.4, 0.5) is 0 Å². The highest BCUT2D eigenvalue weighted by molar-refractivity contribution is 7.91. The molecule has 2 atom stereocenters. The fraction of sp³-hybridized carbons (Fsp3) is 0.263. The molecule has 0 bridgehead atoms. The number of aromatic carboxylic acids is 1. The van der Waals surface area contributed by atoms with E-state index in [0.29, 0.717) is 17.0 Å². The predicted molar refractivity (Wildman–Crippen MR) is 99.1 cm³/mol. The summed E-state index contributed by atoms with van der Waals surface area (Å²) in [6.45, 7) is 1.65. The Morgan fingerprint density at radius 2 is 1.89 bits per heavy atom. The molecule has 142 valence electrons. The zero-order valence-electron chi connectivity index (χ0n) is 14.8. The summed E-state index contributed by atoms with van der Waals surface area (Å²) in [5, 5.41) is 8.17. The van der Waals surface area contributed by atoms with Crippen molar-refractivity contribution in [2.24, 2.45) is 0 Å². The summed E-state index contributed by atoms with van der Waals surface area (Å²) in [5.41, 5.74) is 1.04. The molecule has 1 aromatic heterocycles. The molecule has 0 radical (unpaired) electrons. The Labute approximate surface area is 156 Å². The van der Waals surface area contributed by atoms with Gasteiger partial charge in [-0.15, -0.1) is 0 Å². The van der Waals surface area contributed by atoms with Gasteiger partial charge < -0.3 is 14.3 Å². The zero-order valence-corrected chi connectivity index (χ0v) is 15.6. The highest BCUT2D eigenvalue weighted by Gasteiger charge is 2.33. The second kappa shape index (κ2) is 7.50. The van der Waals surface area contributed by atoms with Crippen molar-refractivity contribution in [2.75, 3.05) is 7.11 Å². The molecule has 0 fully saturated rings. The van der Waals surface area contributed by atoms with E-state index >= 15 is 0 Å². The van der Waals surface area contributed by atoms with Crippen LogP contribution in [0.2, 0.25) is 0 Å². The van der Waals surface area contributed by atoms with Crippen LogP contribution < -0.4 is 0 Å². The molecule has 2 aromatic rings. The first-order valence-electron chi connectivity index (χ1n) is 8.21. The number of methoxy groups -OCH3 is 1. The van der Waals surface area contributed by atoms with Gasteiger partial charge in [-0.1, -0.05) is 24.3 Å². The van der Waals surface area contributed by atoms with Gasteiger partial charge in [-0.3, -0.25) is 0 Å². The second-order valence-corrected chi connectivity index (χ2v) is 8.31. The lowest BCUT2D eigenvalue weighted by atomic mass is 10.1. The standard InChI is InChI=1S/C19H19NO6S/c1-12-15(11-27(23,24)17-6-4-3-5-16(17)25-2)20-18(26-12)13-7-9-14(10-8-13)19(21)22/h3-10,16-17H,11H2,1-2H3,(H,21,22). The fourth-order valence-corrected chi connectivity index (χ4v) is 4.61. The summed E-state index contributed by atoms with van der Waals surface area (Å²) in [6.07, 6.45) is 6.19. The topological polar surface area (TPSA) is 107 Å². The molecule has 0 saturated carbocycles. The third kappa shape index (κ3) is 4.01. The Morgan fingerprint density at radius 1 is 1.22 bits per heavy atom. The summed E-state index contributed by atoms with van der Waals surface area (Å²) in [5.74, 6) is -0.658. The van der Waals surface area contributed by atoms with Crippen molar-refractivity contribution in [3.63, 3.8) is 0 Å². The quantitative estimate of drug-likeness (QED) is 0.809. The maximum atomic E-state index is 12.8. The van der Waals surface area contributed by atoms with Crippen LogP contribution in [-0.4, -0.2) is 42.9 Å². The van der Waals surface area contributed by atoms with Crippen molar-refractivity contribution < 1.29 is 27.5 Å². The average Bonchev–Trinajstić information content (AvgIpc) is 3.01. The Morgan fingerprint density at radius 3 is 2.52 bits per heavy atom. The molecule has 27 heavy (non-hydrogen) atoms. The molecular formula is C19H19NO6S. The van der Waals surface area contributed by atoms with Crippen molar-refractivity contribution in [1.29, 1.82) is 0 Å². The maximum absolute atomic E-state index is 12.8. The van der Waals surface area contributed by atoms with E-state index in [9.17, 15) is 13.2 Å². The Bertz CT molecular complexity index is 1000. The van der Waals surface area contributed by atoms with Gasteiger partial charge in [0.2, 0.25) is 5.89 Å². The van der Waals surface area contributed by atoms with Crippen LogP contribution in [0.25, 0.3) is 11.5 Å². The minimum atomic E-state index is -3.57. The predicted octanol–water partition coefficient (Wildman–Crippen LogP) is 2.77. The molecular weight excluding hydrogens is 370 g/mol. The number of hydrogen-bond donors (Lipinski definition) is 1. The molecule has 2 unspecified atom stereocenters. The number of aryl methyl sites for hydroxylation is 1. The van der Waals surface area contributed by atoms with Crippen molar-refractivity contribution in [3.05, 3.63) is 65.6 Å². The van der Waals surface area contributed by atoms with Gasteiger partial charge in [-0.2, -0.15) is 0 Å². The normalized spacial score (nSPS) is 19.3. The summed E-state index contributed by atoms with van der Waals surface area (Å²) >= 11 is 0. The highest BCUT2D eigenvalue weighted by Crippen LogP contribution is 2.26. The van der Waals surface area contributed by atoms with Gasteiger partial charge >= 0.3 is 5.97 Å². The van der Waals surface area contributed by atoms with E-state index in [1.54, 1.807) is 43.4 Å². The lowest BCUT2D eigenvalue weighted by Gasteiger charge is -2.22. The Kier molecular flexibility index (Phi) is 5.29. The molecule has 0 amide bonds. The molecule has 1 aliphatic carbocycles. The Balaban J connectivity index is 1.85. The SMILES string of the molecule is COC1C=CC=CC1S(=O)(=O)Cc1nc(-c2ccc(C(=O)O)cc2)oc1C. The van der Waals surface area contributed by atoms with Gasteiger partial charge in [-0.05, 0) is 31.2 Å². The van der Waals surface area contributed by atoms with Crippen LogP contribution in [0.15, 0.2) is 53.0 Å². The third-order valence-corrected chi connectivity index (χ3v) is 6.26. The van der Waals surface area contributed by atoms with Crippen molar-refractivity contribution in [2.45, 2.75) is 24.0 Å². The number of carboxylic acid groups (broad SMARTS) is 1. The third-order valence-electron chi connectivity index (χ3n) is 4.33. The van der Waals surface area contributed by atoms with E-state index in [1.165, 1.54) is 19.2 Å². The number of carbonyl (C=O) groups is 1. The van der Waals surface area contributed by atoms with Gasteiger partial charge in [0.1, 0.15) is 11.0 Å². The van der Waals surface area contributed by atoms with Crippen LogP contribution in [0.3, 0.4) is 0 Å². The minimum Gasteiger partial charge on any atom is -0.478 e. The van der Waals surface area contributed by atoms with Gasteiger partial charge in [-0.25, -0.2) is 18.2 Å². The molecule has 8 heteroatoms. The van der Waals surface area contributed by atoms with Gasteiger partial charge in [0.05, 0.1) is 23.1 Å². The van der Waals surface area contributed by atoms with Crippen molar-refractivity contribution >= 4 is 15.8 Å². The maximum Gasteiger partial charge on any atom is 0.335 e. The van der Waals surface area contributed by atoms with E-state index in [2.05, 4.69) is 4.98 Å². The summed E-state index contributed by atoms with van der Waals surface area (Å²) in [6, 6.07) is 6.02.